The third-order valence-corrected chi connectivity index (χ3v) is 5.81. The Kier molecular flexibility index (Phi) is 6.64. The molecule has 3 aromatic rings. The summed E-state index contributed by atoms with van der Waals surface area (Å²) in [6.07, 6.45) is 2.98. The normalized spacial score (nSPS) is 14.4. The number of oxime groups is 1. The highest BCUT2D eigenvalue weighted by atomic mass is 79.9. The number of nitrogens with zero attached hydrogens (tertiary/aromatic N) is 2. The number of benzene rings is 2. The highest BCUT2D eigenvalue weighted by molar-refractivity contribution is 9.10. The Morgan fingerprint density at radius 2 is 1.94 bits per heavy atom. The number of methoxy groups -OCH3 is 1. The van der Waals surface area contributed by atoms with Crippen molar-refractivity contribution in [3.8, 4) is 11.5 Å². The van der Waals surface area contributed by atoms with Gasteiger partial charge in [0.05, 0.1) is 12.7 Å². The van der Waals surface area contributed by atoms with Crippen LogP contribution in [0.3, 0.4) is 0 Å². The first-order valence-corrected chi connectivity index (χ1v) is 10.9. The topological polar surface area (TPSA) is 140 Å². The summed E-state index contributed by atoms with van der Waals surface area (Å²) in [4.78, 5) is 35.3. The molecule has 5 N–H and O–H groups in total. The second-order valence-corrected chi connectivity index (χ2v) is 8.24. The molecule has 11 heteroatoms. The Bertz CT molecular complexity index is 1280. The van der Waals surface area contributed by atoms with Gasteiger partial charge >= 0.3 is 0 Å². The van der Waals surface area contributed by atoms with E-state index >= 15 is 0 Å². The second-order valence-electron chi connectivity index (χ2n) is 7.38. The van der Waals surface area contributed by atoms with Crippen LogP contribution in [0.25, 0.3) is 0 Å². The molecule has 2 aromatic carbocycles. The molecule has 5 rings (SSSR count). The SMILES string of the molecule is COc1cc(C)c2cc1ON=C(N)c1ccc(cc1)NC2C(=O)NNC(=O)c1ccncc1Br. The number of halogens is 1. The van der Waals surface area contributed by atoms with Gasteiger partial charge in [0, 0.05) is 28.1 Å². The summed E-state index contributed by atoms with van der Waals surface area (Å²) in [5.74, 6) is -0.0953. The average Bonchev–Trinajstić information content (AvgIpc) is 2.84. The fourth-order valence-electron chi connectivity index (χ4n) is 3.38. The van der Waals surface area contributed by atoms with Gasteiger partial charge in [0.2, 0.25) is 0 Å². The van der Waals surface area contributed by atoms with E-state index < -0.39 is 17.9 Å². The van der Waals surface area contributed by atoms with Crippen molar-refractivity contribution in [2.45, 2.75) is 13.0 Å². The van der Waals surface area contributed by atoms with E-state index in [1.165, 1.54) is 25.6 Å². The number of carbonyl (C=O) groups is 2. The monoisotopic (exact) mass is 524 g/mol. The van der Waals surface area contributed by atoms with E-state index in [4.69, 9.17) is 15.3 Å². The number of hydrazine groups is 1. The number of aryl methyl sites for hydroxylation is 1. The molecule has 34 heavy (non-hydrogen) atoms. The molecule has 0 radical (unpaired) electrons. The van der Waals surface area contributed by atoms with E-state index in [9.17, 15) is 9.59 Å². The van der Waals surface area contributed by atoms with Gasteiger partial charge in [0.25, 0.3) is 11.8 Å². The van der Waals surface area contributed by atoms with Gasteiger partial charge in [-0.3, -0.25) is 25.4 Å². The zero-order chi connectivity index (χ0) is 24.2. The van der Waals surface area contributed by atoms with Crippen molar-refractivity contribution in [1.29, 1.82) is 0 Å². The first-order chi connectivity index (χ1) is 16.4. The molecule has 2 amide bonds. The number of rotatable bonds is 3. The Labute approximate surface area is 203 Å². The second kappa shape index (κ2) is 9.79. The number of amidine groups is 1. The van der Waals surface area contributed by atoms with Crippen LogP contribution in [0.2, 0.25) is 0 Å². The number of carbonyl (C=O) groups excluding carboxylic acids is 2. The van der Waals surface area contributed by atoms with Crippen molar-refractivity contribution >= 4 is 39.3 Å². The summed E-state index contributed by atoms with van der Waals surface area (Å²) in [5.41, 5.74) is 13.9. The lowest BCUT2D eigenvalue weighted by Crippen LogP contribution is -2.45. The molecule has 174 valence electrons. The van der Waals surface area contributed by atoms with Gasteiger partial charge in [-0.05, 0) is 76.4 Å². The molecular formula is C23H21BrN6O4. The summed E-state index contributed by atoms with van der Waals surface area (Å²) in [7, 11) is 1.50. The van der Waals surface area contributed by atoms with Crippen molar-refractivity contribution in [3.63, 3.8) is 0 Å². The van der Waals surface area contributed by atoms with Crippen molar-refractivity contribution in [1.82, 2.24) is 15.8 Å². The molecule has 0 aliphatic carbocycles. The Morgan fingerprint density at radius 3 is 2.65 bits per heavy atom. The van der Waals surface area contributed by atoms with Crippen LogP contribution in [0.15, 0.2) is 64.5 Å². The fourth-order valence-corrected chi connectivity index (χ4v) is 3.81. The van der Waals surface area contributed by atoms with Crippen molar-refractivity contribution in [3.05, 3.63) is 81.6 Å². The number of hydrogen-bond acceptors (Lipinski definition) is 8. The first kappa shape index (κ1) is 23.1. The minimum Gasteiger partial charge on any atom is -0.493 e. The molecule has 2 aliphatic rings. The largest absolute Gasteiger partial charge is 0.493 e. The summed E-state index contributed by atoms with van der Waals surface area (Å²) in [5, 5.41) is 7.20. The van der Waals surface area contributed by atoms with Gasteiger partial charge in [-0.2, -0.15) is 0 Å². The van der Waals surface area contributed by atoms with Crippen molar-refractivity contribution in [2.75, 3.05) is 12.4 Å². The minimum absolute atomic E-state index is 0.190. The van der Waals surface area contributed by atoms with E-state index in [2.05, 4.69) is 42.2 Å². The molecule has 1 atom stereocenters. The summed E-state index contributed by atoms with van der Waals surface area (Å²) < 4.78 is 5.90. The fraction of sp³-hybridized carbons (Fsp3) is 0.130. The van der Waals surface area contributed by atoms with Crippen LogP contribution in [-0.4, -0.2) is 29.7 Å². The van der Waals surface area contributed by atoms with Crippen LogP contribution in [-0.2, 0) is 4.79 Å². The molecule has 0 spiro atoms. The Balaban J connectivity index is 1.68. The average molecular weight is 525 g/mol. The van der Waals surface area contributed by atoms with Crippen LogP contribution in [0.5, 0.6) is 11.5 Å². The van der Waals surface area contributed by atoms with Gasteiger partial charge in [0.1, 0.15) is 6.04 Å². The zero-order valence-corrected chi connectivity index (χ0v) is 19.8. The van der Waals surface area contributed by atoms with Crippen LogP contribution >= 0.6 is 15.9 Å². The highest BCUT2D eigenvalue weighted by Crippen LogP contribution is 2.35. The zero-order valence-electron chi connectivity index (χ0n) is 18.3. The molecule has 1 aromatic heterocycles. The summed E-state index contributed by atoms with van der Waals surface area (Å²) >= 11 is 3.27. The van der Waals surface area contributed by atoms with E-state index in [1.54, 1.807) is 36.4 Å². The quantitative estimate of drug-likeness (QED) is 0.386. The predicted molar refractivity (Wildman–Crippen MR) is 129 cm³/mol. The lowest BCUT2D eigenvalue weighted by molar-refractivity contribution is -0.122. The van der Waals surface area contributed by atoms with E-state index in [0.717, 1.165) is 5.56 Å². The Morgan fingerprint density at radius 1 is 1.18 bits per heavy atom. The van der Waals surface area contributed by atoms with Crippen LogP contribution in [0.4, 0.5) is 5.69 Å². The van der Waals surface area contributed by atoms with Crippen LogP contribution in [0, 0.1) is 6.92 Å². The summed E-state index contributed by atoms with van der Waals surface area (Å²) in [6.45, 7) is 1.84. The molecule has 10 nitrogen and oxygen atoms in total. The Hall–Kier alpha value is -4.12. The number of amides is 2. The number of aromatic nitrogens is 1. The summed E-state index contributed by atoms with van der Waals surface area (Å²) in [6, 6.07) is 11.1. The number of hydrogen-bond donors (Lipinski definition) is 4. The number of nitrogens with two attached hydrogens (primary N) is 1. The highest BCUT2D eigenvalue weighted by Gasteiger charge is 2.26. The minimum atomic E-state index is -0.888. The van der Waals surface area contributed by atoms with Gasteiger partial charge < -0.3 is 20.6 Å². The molecule has 0 fully saturated rings. The maximum absolute atomic E-state index is 13.3. The van der Waals surface area contributed by atoms with E-state index in [1.807, 2.05) is 6.92 Å². The van der Waals surface area contributed by atoms with Gasteiger partial charge in [-0.15, -0.1) is 0 Å². The number of fused-ring (bicyclic) bond motifs is 4. The molecule has 2 aliphatic heterocycles. The third kappa shape index (κ3) is 4.79. The van der Waals surface area contributed by atoms with E-state index in [-0.39, 0.29) is 11.6 Å². The number of ether oxygens (including phenoxy) is 1. The number of pyridine rings is 1. The van der Waals surface area contributed by atoms with Crippen molar-refractivity contribution < 1.29 is 19.2 Å². The number of anilines is 1. The molecule has 1 unspecified atom stereocenters. The van der Waals surface area contributed by atoms with Gasteiger partial charge in [0.15, 0.2) is 17.3 Å². The lowest BCUT2D eigenvalue weighted by Gasteiger charge is -2.23. The number of nitrogens with one attached hydrogen (secondary N) is 3. The van der Waals surface area contributed by atoms with Crippen LogP contribution in [0.1, 0.15) is 33.1 Å². The lowest BCUT2D eigenvalue weighted by atomic mass is 9.99. The van der Waals surface area contributed by atoms with Crippen LogP contribution < -0.4 is 31.5 Å². The molecule has 3 heterocycles. The van der Waals surface area contributed by atoms with Crippen molar-refractivity contribution in [2.24, 2.45) is 10.9 Å². The molecule has 4 bridgehead atoms. The molecule has 0 saturated carbocycles. The molecule has 0 saturated heterocycles. The maximum Gasteiger partial charge on any atom is 0.270 e. The predicted octanol–water partition coefficient (Wildman–Crippen LogP) is 2.79. The maximum atomic E-state index is 13.3. The van der Waals surface area contributed by atoms with E-state index in [0.29, 0.717) is 32.6 Å². The molecular weight excluding hydrogens is 504 g/mol. The smallest absolute Gasteiger partial charge is 0.270 e. The first-order valence-electron chi connectivity index (χ1n) is 10.1. The van der Waals surface area contributed by atoms with Gasteiger partial charge in [-0.1, -0.05) is 5.16 Å². The van der Waals surface area contributed by atoms with Gasteiger partial charge in [-0.25, -0.2) is 0 Å². The standard InChI is InChI=1S/C23H21BrN6O4/c1-12-9-18(33-2)19-10-16(12)20(27-14-5-3-13(4-6-14)21(25)30-34-19)23(32)29-28-22(31)15-7-8-26-11-17(15)24/h3-11,20,27H,1-2H3,(H2,25,30)(H,28,31)(H,29,32). The third-order valence-electron chi connectivity index (χ3n) is 5.18.